The number of nitro groups is 1. The van der Waals surface area contributed by atoms with Crippen LogP contribution < -0.4 is 11.2 Å². The normalized spacial score (nSPS) is 10.4. The average Bonchev–Trinajstić information content (AvgIpc) is 2.72. The van der Waals surface area contributed by atoms with Gasteiger partial charge in [-0.2, -0.15) is 5.10 Å². The van der Waals surface area contributed by atoms with Gasteiger partial charge >= 0.3 is 11.6 Å². The summed E-state index contributed by atoms with van der Waals surface area (Å²) in [5, 5.41) is 14.1. The van der Waals surface area contributed by atoms with E-state index in [-0.39, 0.29) is 11.5 Å². The van der Waals surface area contributed by atoms with Gasteiger partial charge in [-0.05, 0) is 6.07 Å². The van der Waals surface area contributed by atoms with Crippen molar-refractivity contribution >= 4 is 5.88 Å². The van der Waals surface area contributed by atoms with Gasteiger partial charge in [0.1, 0.15) is 4.92 Å². The second kappa shape index (κ2) is 3.70. The minimum absolute atomic E-state index is 0.0754. The Morgan fingerprint density at radius 1 is 1.47 bits per heavy atom. The van der Waals surface area contributed by atoms with Crippen molar-refractivity contribution in [1.82, 2.24) is 14.8 Å². The van der Waals surface area contributed by atoms with Crippen molar-refractivity contribution in [2.24, 2.45) is 7.05 Å². The first-order chi connectivity index (χ1) is 7.99. The van der Waals surface area contributed by atoms with Crippen molar-refractivity contribution < 1.29 is 9.34 Å². The fourth-order valence-corrected chi connectivity index (χ4v) is 1.19. The van der Waals surface area contributed by atoms with Crippen molar-refractivity contribution in [3.63, 3.8) is 0 Å². The highest BCUT2D eigenvalue weighted by Gasteiger charge is 2.17. The van der Waals surface area contributed by atoms with E-state index < -0.39 is 22.1 Å². The number of hydrogen-bond donors (Lipinski definition) is 1. The van der Waals surface area contributed by atoms with Crippen LogP contribution in [0.4, 0.5) is 5.88 Å². The lowest BCUT2D eigenvalue weighted by atomic mass is 10.3. The number of rotatable bonds is 2. The van der Waals surface area contributed by atoms with Gasteiger partial charge in [-0.3, -0.25) is 19.9 Å². The minimum Gasteiger partial charge on any atom is -0.399 e. The van der Waals surface area contributed by atoms with Crippen molar-refractivity contribution in [3.8, 4) is 11.5 Å². The van der Waals surface area contributed by atoms with Crippen LogP contribution in [0.15, 0.2) is 26.1 Å². The molecule has 0 radical (unpaired) electrons. The Labute approximate surface area is 92.5 Å². The molecule has 0 spiro atoms. The third-order valence-electron chi connectivity index (χ3n) is 1.98. The highest BCUT2D eigenvalue weighted by Crippen LogP contribution is 2.21. The highest BCUT2D eigenvalue weighted by atomic mass is 16.6. The summed E-state index contributed by atoms with van der Waals surface area (Å²) in [6.07, 6.45) is 0. The average molecular weight is 238 g/mol. The van der Waals surface area contributed by atoms with Gasteiger partial charge in [0.2, 0.25) is 0 Å². The molecular formula is C8H6N4O5. The summed E-state index contributed by atoms with van der Waals surface area (Å²) in [5.41, 5.74) is -1.64. The van der Waals surface area contributed by atoms with Gasteiger partial charge in [0.15, 0.2) is 11.5 Å². The van der Waals surface area contributed by atoms with Gasteiger partial charge in [0.25, 0.3) is 5.56 Å². The second-order valence-corrected chi connectivity index (χ2v) is 3.13. The van der Waals surface area contributed by atoms with Crippen LogP contribution in [0.3, 0.4) is 0 Å². The fraction of sp³-hybridized carbons (Fsp3) is 0.125. The molecule has 2 rings (SSSR count). The zero-order valence-corrected chi connectivity index (χ0v) is 8.54. The molecule has 9 nitrogen and oxygen atoms in total. The number of hydrogen-bond acceptors (Lipinski definition) is 6. The minimum atomic E-state index is -0.766. The molecule has 0 fully saturated rings. The molecule has 0 saturated heterocycles. The van der Waals surface area contributed by atoms with Crippen molar-refractivity contribution in [3.05, 3.63) is 43.1 Å². The van der Waals surface area contributed by atoms with Gasteiger partial charge < -0.3 is 4.42 Å². The standard InChI is InChI=1S/C8H6N4O5/c1-11-8(14)9-7(13)6(10-11)4-2-3-5(17-4)12(15)16/h2-3H,1H3,(H,9,13,14). The van der Waals surface area contributed by atoms with Crippen LogP contribution >= 0.6 is 0 Å². The summed E-state index contributed by atoms with van der Waals surface area (Å²) < 4.78 is 5.70. The van der Waals surface area contributed by atoms with Crippen LogP contribution in [0.2, 0.25) is 0 Å². The summed E-state index contributed by atoms with van der Waals surface area (Å²) in [4.78, 5) is 34.1. The van der Waals surface area contributed by atoms with Crippen LogP contribution in [-0.2, 0) is 7.05 Å². The Morgan fingerprint density at radius 2 is 2.18 bits per heavy atom. The van der Waals surface area contributed by atoms with Crippen LogP contribution in [0.1, 0.15) is 0 Å². The summed E-state index contributed by atoms with van der Waals surface area (Å²) in [5.74, 6) is -0.580. The first-order valence-corrected chi connectivity index (χ1v) is 4.41. The molecule has 0 aliphatic rings. The Kier molecular flexibility index (Phi) is 2.35. The molecule has 0 aliphatic heterocycles. The number of aryl methyl sites for hydroxylation is 1. The van der Waals surface area contributed by atoms with Crippen molar-refractivity contribution in [2.75, 3.05) is 0 Å². The molecule has 1 N–H and O–H groups in total. The third-order valence-corrected chi connectivity index (χ3v) is 1.98. The molecule has 2 aromatic heterocycles. The predicted octanol–water partition coefficient (Wildman–Crippen LogP) is -0.363. The van der Waals surface area contributed by atoms with Crippen LogP contribution in [0.5, 0.6) is 0 Å². The van der Waals surface area contributed by atoms with E-state index in [1.54, 1.807) is 0 Å². The van der Waals surface area contributed by atoms with E-state index in [0.29, 0.717) is 0 Å². The van der Waals surface area contributed by atoms with E-state index in [1.807, 2.05) is 4.98 Å². The van der Waals surface area contributed by atoms with Gasteiger partial charge in [-0.1, -0.05) is 0 Å². The van der Waals surface area contributed by atoms with Gasteiger partial charge in [-0.15, -0.1) is 0 Å². The zero-order valence-electron chi connectivity index (χ0n) is 8.54. The Morgan fingerprint density at radius 3 is 2.76 bits per heavy atom. The maximum atomic E-state index is 11.4. The van der Waals surface area contributed by atoms with Crippen molar-refractivity contribution in [2.45, 2.75) is 0 Å². The Balaban J connectivity index is 2.60. The van der Waals surface area contributed by atoms with E-state index in [2.05, 4.69) is 5.10 Å². The molecule has 88 valence electrons. The van der Waals surface area contributed by atoms with Gasteiger partial charge in [0, 0.05) is 7.05 Å². The van der Waals surface area contributed by atoms with E-state index in [1.165, 1.54) is 13.1 Å². The lowest BCUT2D eigenvalue weighted by molar-refractivity contribution is -0.401. The Bertz CT molecular complexity index is 694. The molecule has 0 aromatic carbocycles. The number of nitrogens with zero attached hydrogens (tertiary/aromatic N) is 3. The number of aromatic amines is 1. The first kappa shape index (κ1) is 10.8. The third kappa shape index (κ3) is 1.85. The first-order valence-electron chi connectivity index (χ1n) is 4.41. The molecule has 2 aromatic rings. The van der Waals surface area contributed by atoms with Crippen molar-refractivity contribution in [1.29, 1.82) is 0 Å². The molecule has 0 bridgehead atoms. The summed E-state index contributed by atoms with van der Waals surface area (Å²) in [6, 6.07) is 2.34. The Hall–Kier alpha value is -2.71. The smallest absolute Gasteiger partial charge is 0.399 e. The molecule has 9 heteroatoms. The van der Waals surface area contributed by atoms with E-state index in [0.717, 1.165) is 10.7 Å². The number of H-pyrrole nitrogens is 1. The fourth-order valence-electron chi connectivity index (χ4n) is 1.19. The molecule has 0 amide bonds. The van der Waals surface area contributed by atoms with Crippen LogP contribution in [-0.4, -0.2) is 19.7 Å². The van der Waals surface area contributed by atoms with Crippen LogP contribution in [0, 0.1) is 10.1 Å². The van der Waals surface area contributed by atoms with Gasteiger partial charge in [-0.25, -0.2) is 9.48 Å². The molecule has 17 heavy (non-hydrogen) atoms. The topological polar surface area (TPSA) is 124 Å². The van der Waals surface area contributed by atoms with Gasteiger partial charge in [0.05, 0.1) is 6.07 Å². The largest absolute Gasteiger partial charge is 0.433 e. The predicted molar refractivity (Wildman–Crippen MR) is 54.5 cm³/mol. The summed E-state index contributed by atoms with van der Waals surface area (Å²) in [7, 11) is 1.33. The number of nitrogens with one attached hydrogen (secondary N) is 1. The van der Waals surface area contributed by atoms with E-state index >= 15 is 0 Å². The zero-order chi connectivity index (χ0) is 12.6. The molecule has 0 aliphatic carbocycles. The summed E-state index contributed by atoms with van der Waals surface area (Å²) in [6.45, 7) is 0. The lowest BCUT2D eigenvalue weighted by Crippen LogP contribution is -2.31. The molecule has 0 unspecified atom stereocenters. The summed E-state index contributed by atoms with van der Waals surface area (Å²) >= 11 is 0. The lowest BCUT2D eigenvalue weighted by Gasteiger charge is -1.97. The molecule has 0 atom stereocenters. The maximum Gasteiger partial charge on any atom is 0.433 e. The molecule has 0 saturated carbocycles. The maximum absolute atomic E-state index is 11.4. The number of aromatic nitrogens is 3. The van der Waals surface area contributed by atoms with E-state index in [4.69, 9.17) is 4.42 Å². The quantitative estimate of drug-likeness (QED) is 0.562. The highest BCUT2D eigenvalue weighted by molar-refractivity contribution is 5.51. The number of furan rings is 1. The molecular weight excluding hydrogens is 232 g/mol. The SMILES string of the molecule is Cn1nc(-c2ccc([N+](=O)[O-])o2)c(=O)[nH]c1=O. The molecule has 2 heterocycles. The van der Waals surface area contributed by atoms with Crippen LogP contribution in [0.25, 0.3) is 11.5 Å². The van der Waals surface area contributed by atoms with E-state index in [9.17, 15) is 19.7 Å². The second-order valence-electron chi connectivity index (χ2n) is 3.13. The monoisotopic (exact) mass is 238 g/mol.